The maximum atomic E-state index is 6.21. The van der Waals surface area contributed by atoms with Gasteiger partial charge in [-0.1, -0.05) is 115 Å². The molecule has 0 fully saturated rings. The molecule has 12 rings (SSSR count). The Morgan fingerprint density at radius 3 is 1.72 bits per heavy atom. The van der Waals surface area contributed by atoms with Crippen molar-refractivity contribution in [2.24, 2.45) is 0 Å². The van der Waals surface area contributed by atoms with Crippen molar-refractivity contribution in [2.75, 3.05) is 0 Å². The second-order valence-electron chi connectivity index (χ2n) is 14.2. The van der Waals surface area contributed by atoms with E-state index in [-0.39, 0.29) is 0 Å². The SMILES string of the molecule is c1ccc(-n2c3ccccc3c3ccccc32)c(-c2nc(-c3ccc(-c4ccc5c(c4)oc4ccccc45)cc3)nc(-c3ccnc4oc5ccccc5c34)n2)c1. The summed E-state index contributed by atoms with van der Waals surface area (Å²) in [5.74, 6) is 1.65. The number of furan rings is 2. The molecule has 0 aliphatic carbocycles. The number of aromatic nitrogens is 5. The van der Waals surface area contributed by atoms with Gasteiger partial charge in [0.25, 0.3) is 0 Å². The van der Waals surface area contributed by atoms with Gasteiger partial charge in [0, 0.05) is 49.8 Å². The third-order valence-corrected chi connectivity index (χ3v) is 11.0. The van der Waals surface area contributed by atoms with E-state index in [0.29, 0.717) is 23.2 Å². The lowest BCUT2D eigenvalue weighted by atomic mass is 10.0. The second-order valence-corrected chi connectivity index (χ2v) is 14.2. The molecule has 7 aromatic carbocycles. The molecule has 0 atom stereocenters. The first-order valence-corrected chi connectivity index (χ1v) is 18.9. The van der Waals surface area contributed by atoms with Gasteiger partial charge in [-0.2, -0.15) is 0 Å². The van der Waals surface area contributed by atoms with Gasteiger partial charge in [0.2, 0.25) is 5.71 Å². The quantitative estimate of drug-likeness (QED) is 0.175. The zero-order valence-electron chi connectivity index (χ0n) is 30.3. The number of benzene rings is 7. The number of para-hydroxylation sites is 5. The highest BCUT2D eigenvalue weighted by Crippen LogP contribution is 2.39. The monoisotopic (exact) mass is 731 g/mol. The van der Waals surface area contributed by atoms with E-state index in [0.717, 1.165) is 82.8 Å². The first-order valence-electron chi connectivity index (χ1n) is 18.9. The maximum Gasteiger partial charge on any atom is 0.228 e. The molecule has 0 N–H and O–H groups in total. The Labute approximate surface area is 325 Å². The Kier molecular flexibility index (Phi) is 6.79. The number of rotatable bonds is 5. The van der Waals surface area contributed by atoms with E-state index in [4.69, 9.17) is 23.8 Å². The Morgan fingerprint density at radius 1 is 0.386 bits per heavy atom. The van der Waals surface area contributed by atoms with Crippen molar-refractivity contribution in [3.05, 3.63) is 176 Å². The van der Waals surface area contributed by atoms with Crippen LogP contribution in [0.5, 0.6) is 0 Å². The van der Waals surface area contributed by atoms with E-state index >= 15 is 0 Å². The zero-order valence-corrected chi connectivity index (χ0v) is 30.3. The lowest BCUT2D eigenvalue weighted by molar-refractivity contribution is 0.654. The fraction of sp³-hybridized carbons (Fsp3) is 0. The maximum absolute atomic E-state index is 6.21. The predicted octanol–water partition coefficient (Wildman–Crippen LogP) is 12.8. The average molecular weight is 732 g/mol. The molecule has 57 heavy (non-hydrogen) atoms. The van der Waals surface area contributed by atoms with Gasteiger partial charge >= 0.3 is 0 Å². The van der Waals surface area contributed by atoms with Gasteiger partial charge in [0.1, 0.15) is 16.7 Å². The predicted molar refractivity (Wildman–Crippen MR) is 228 cm³/mol. The van der Waals surface area contributed by atoms with Gasteiger partial charge < -0.3 is 13.4 Å². The Morgan fingerprint density at radius 2 is 0.947 bits per heavy atom. The van der Waals surface area contributed by atoms with Crippen molar-refractivity contribution in [1.29, 1.82) is 0 Å². The molecule has 0 bridgehead atoms. The molecule has 7 nitrogen and oxygen atoms in total. The minimum atomic E-state index is 0.533. The summed E-state index contributed by atoms with van der Waals surface area (Å²) < 4.78 is 14.7. The molecule has 0 saturated heterocycles. The van der Waals surface area contributed by atoms with Crippen LogP contribution in [0.25, 0.3) is 117 Å². The molecule has 5 aromatic heterocycles. The summed E-state index contributed by atoms with van der Waals surface area (Å²) in [5, 5.41) is 6.41. The molecule has 0 aliphatic rings. The molecule has 266 valence electrons. The third-order valence-electron chi connectivity index (χ3n) is 11.0. The summed E-state index contributed by atoms with van der Waals surface area (Å²) in [6, 6.07) is 58.3. The van der Waals surface area contributed by atoms with Crippen LogP contribution in [-0.2, 0) is 0 Å². The van der Waals surface area contributed by atoms with Crippen LogP contribution in [0.3, 0.4) is 0 Å². The van der Waals surface area contributed by atoms with Crippen molar-refractivity contribution in [3.63, 3.8) is 0 Å². The van der Waals surface area contributed by atoms with Crippen molar-refractivity contribution >= 4 is 65.8 Å². The lowest BCUT2D eigenvalue weighted by Gasteiger charge is -2.14. The van der Waals surface area contributed by atoms with Crippen LogP contribution in [-0.4, -0.2) is 24.5 Å². The molecular weight excluding hydrogens is 703 g/mol. The van der Waals surface area contributed by atoms with Gasteiger partial charge in [-0.05, 0) is 65.7 Å². The van der Waals surface area contributed by atoms with Gasteiger partial charge in [0.05, 0.1) is 22.1 Å². The Balaban J connectivity index is 1.05. The summed E-state index contributed by atoms with van der Waals surface area (Å²) in [5.41, 5.74) is 10.9. The van der Waals surface area contributed by atoms with Crippen LogP contribution in [0.1, 0.15) is 0 Å². The van der Waals surface area contributed by atoms with E-state index in [1.54, 1.807) is 6.20 Å². The van der Waals surface area contributed by atoms with E-state index in [9.17, 15) is 0 Å². The van der Waals surface area contributed by atoms with Gasteiger partial charge in [-0.15, -0.1) is 0 Å². The summed E-state index contributed by atoms with van der Waals surface area (Å²) >= 11 is 0. The molecule has 0 aliphatic heterocycles. The van der Waals surface area contributed by atoms with Gasteiger partial charge in [-0.3, -0.25) is 0 Å². The van der Waals surface area contributed by atoms with E-state index in [1.165, 1.54) is 10.8 Å². The van der Waals surface area contributed by atoms with Gasteiger partial charge in [0.15, 0.2) is 17.5 Å². The van der Waals surface area contributed by atoms with Crippen LogP contribution < -0.4 is 0 Å². The summed E-state index contributed by atoms with van der Waals surface area (Å²) in [4.78, 5) is 20.3. The largest absolute Gasteiger partial charge is 0.456 e. The molecule has 7 heteroatoms. The van der Waals surface area contributed by atoms with E-state index in [1.807, 2.05) is 54.6 Å². The lowest BCUT2D eigenvalue weighted by Crippen LogP contribution is -2.03. The van der Waals surface area contributed by atoms with E-state index < -0.39 is 0 Å². The standard InChI is InChI=1S/C50H29N5O2/c1-6-16-40-33(11-1)34-12-2-7-17-41(34)55(40)42-18-8-3-14-37(42)48-52-47(53-49(54-48)39-27-28-51-50-46(39)38-15-5-10-20-44(38)57-50)31-23-21-30(22-24-31)32-25-26-36-35-13-4-9-19-43(35)56-45(36)29-32/h1-29H. The Hall–Kier alpha value is -7.90. The summed E-state index contributed by atoms with van der Waals surface area (Å²) in [6.07, 6.45) is 1.75. The third kappa shape index (κ3) is 4.92. The highest BCUT2D eigenvalue weighted by Gasteiger charge is 2.21. The smallest absolute Gasteiger partial charge is 0.228 e. The fourth-order valence-corrected chi connectivity index (χ4v) is 8.34. The van der Waals surface area contributed by atoms with Crippen LogP contribution >= 0.6 is 0 Å². The minimum absolute atomic E-state index is 0.533. The number of hydrogen-bond donors (Lipinski definition) is 0. The molecular formula is C50H29N5O2. The van der Waals surface area contributed by atoms with Crippen LogP contribution in [0.4, 0.5) is 0 Å². The number of hydrogen-bond acceptors (Lipinski definition) is 6. The fourth-order valence-electron chi connectivity index (χ4n) is 8.34. The van der Waals surface area contributed by atoms with Crippen molar-refractivity contribution in [2.45, 2.75) is 0 Å². The minimum Gasteiger partial charge on any atom is -0.456 e. The van der Waals surface area contributed by atoms with Crippen molar-refractivity contribution < 1.29 is 8.83 Å². The Bertz CT molecular complexity index is 3490. The zero-order chi connectivity index (χ0) is 37.5. The number of pyridine rings is 1. The summed E-state index contributed by atoms with van der Waals surface area (Å²) in [7, 11) is 0. The van der Waals surface area contributed by atoms with Crippen LogP contribution in [0.15, 0.2) is 185 Å². The van der Waals surface area contributed by atoms with E-state index in [2.05, 4.69) is 125 Å². The summed E-state index contributed by atoms with van der Waals surface area (Å²) in [6.45, 7) is 0. The van der Waals surface area contributed by atoms with Crippen LogP contribution in [0.2, 0.25) is 0 Å². The molecule has 0 radical (unpaired) electrons. The molecule has 0 saturated carbocycles. The first-order chi connectivity index (χ1) is 28.2. The van der Waals surface area contributed by atoms with Crippen LogP contribution in [0, 0.1) is 0 Å². The second kappa shape index (κ2) is 12.3. The number of nitrogens with zero attached hydrogens (tertiary/aromatic N) is 5. The first kappa shape index (κ1) is 31.5. The topological polar surface area (TPSA) is 82.8 Å². The molecule has 5 heterocycles. The van der Waals surface area contributed by atoms with Crippen molar-refractivity contribution in [3.8, 4) is 51.0 Å². The van der Waals surface area contributed by atoms with Gasteiger partial charge in [-0.25, -0.2) is 19.9 Å². The van der Waals surface area contributed by atoms with Crippen molar-refractivity contribution in [1.82, 2.24) is 24.5 Å². The molecule has 12 aromatic rings. The molecule has 0 amide bonds. The highest BCUT2D eigenvalue weighted by molar-refractivity contribution is 6.11. The molecule has 0 spiro atoms. The molecule has 0 unspecified atom stereocenters. The average Bonchev–Trinajstić information content (AvgIpc) is 3.96. The normalized spacial score (nSPS) is 11.9. The highest BCUT2D eigenvalue weighted by atomic mass is 16.3. The number of fused-ring (bicyclic) bond motifs is 9.